The highest BCUT2D eigenvalue weighted by atomic mass is 32.1. The normalized spacial score (nSPS) is 20.8. The zero-order valence-corrected chi connectivity index (χ0v) is 11.3. The molecule has 0 aromatic carbocycles. The van der Waals surface area contributed by atoms with Gasteiger partial charge in [0.05, 0.1) is 17.2 Å². The fourth-order valence-corrected chi connectivity index (χ4v) is 3.22. The van der Waals surface area contributed by atoms with Crippen molar-refractivity contribution in [3.63, 3.8) is 0 Å². The minimum absolute atomic E-state index is 0.254. The Kier molecular flexibility index (Phi) is 3.54. The molecule has 88 valence electrons. The molecule has 2 heterocycles. The van der Waals surface area contributed by atoms with Gasteiger partial charge >= 0.3 is 0 Å². The van der Waals surface area contributed by atoms with Crippen LogP contribution in [0.5, 0.6) is 0 Å². The number of carbonyl (C=O) groups excluding carboxylic acids is 1. The van der Waals surface area contributed by atoms with Crippen LogP contribution in [0.3, 0.4) is 0 Å². The number of hydrogen-bond donors (Lipinski definition) is 1. The molecule has 5 heteroatoms. The van der Waals surface area contributed by atoms with Crippen LogP contribution in [-0.2, 0) is 11.3 Å². The van der Waals surface area contributed by atoms with E-state index in [0.29, 0.717) is 12.3 Å². The Morgan fingerprint density at radius 3 is 2.81 bits per heavy atom. The Bertz CT molecular complexity index is 403. The molecule has 1 aliphatic rings. The summed E-state index contributed by atoms with van der Waals surface area (Å²) in [4.78, 5) is 19.3. The Labute approximate surface area is 105 Å². The zero-order chi connectivity index (χ0) is 11.7. The molecule has 0 N–H and O–H groups in total. The predicted molar refractivity (Wildman–Crippen MR) is 69.0 cm³/mol. The summed E-state index contributed by atoms with van der Waals surface area (Å²) in [6.45, 7) is 5.58. The van der Waals surface area contributed by atoms with Gasteiger partial charge in [-0.1, -0.05) is 0 Å². The van der Waals surface area contributed by atoms with E-state index in [0.717, 1.165) is 29.5 Å². The van der Waals surface area contributed by atoms with E-state index in [1.807, 2.05) is 18.7 Å². The number of rotatable bonds is 3. The maximum Gasteiger partial charge on any atom is 0.223 e. The molecule has 1 amide bonds. The highest BCUT2D eigenvalue weighted by Gasteiger charge is 2.29. The maximum absolute atomic E-state index is 11.7. The zero-order valence-electron chi connectivity index (χ0n) is 9.56. The molecule has 0 aliphatic carbocycles. The number of carbonyl (C=O) groups is 1. The highest BCUT2D eigenvalue weighted by molar-refractivity contribution is 7.80. The second-order valence-electron chi connectivity index (χ2n) is 4.27. The third-order valence-electron chi connectivity index (χ3n) is 2.89. The van der Waals surface area contributed by atoms with Crippen molar-refractivity contribution in [2.75, 3.05) is 12.3 Å². The summed E-state index contributed by atoms with van der Waals surface area (Å²) in [6.07, 6.45) is 0.653. The Hall–Kier alpha value is -0.550. The van der Waals surface area contributed by atoms with Crippen molar-refractivity contribution in [2.45, 2.75) is 26.8 Å². The summed E-state index contributed by atoms with van der Waals surface area (Å²) < 4.78 is 0. The van der Waals surface area contributed by atoms with Crippen molar-refractivity contribution in [3.05, 3.63) is 15.6 Å². The topological polar surface area (TPSA) is 33.2 Å². The van der Waals surface area contributed by atoms with Gasteiger partial charge in [0.15, 0.2) is 0 Å². The molecule has 0 bridgehead atoms. The predicted octanol–water partition coefficient (Wildman–Crippen LogP) is 2.04. The van der Waals surface area contributed by atoms with Gasteiger partial charge in [-0.05, 0) is 25.5 Å². The van der Waals surface area contributed by atoms with Crippen molar-refractivity contribution >= 4 is 29.9 Å². The number of aromatic nitrogens is 1. The van der Waals surface area contributed by atoms with Crippen LogP contribution in [0.4, 0.5) is 0 Å². The van der Waals surface area contributed by atoms with Gasteiger partial charge in [0.2, 0.25) is 5.91 Å². The molecule has 0 radical (unpaired) electrons. The second-order valence-corrected chi connectivity index (χ2v) is 5.92. The maximum atomic E-state index is 11.7. The lowest BCUT2D eigenvalue weighted by Crippen LogP contribution is -2.24. The number of aryl methyl sites for hydroxylation is 2. The van der Waals surface area contributed by atoms with Crippen LogP contribution < -0.4 is 0 Å². The second kappa shape index (κ2) is 4.75. The molecular formula is C11H16N2OS2. The molecular weight excluding hydrogens is 240 g/mol. The van der Waals surface area contributed by atoms with Crippen LogP contribution in [0, 0.1) is 19.8 Å². The minimum Gasteiger partial charge on any atom is -0.337 e. The average molecular weight is 256 g/mol. The third kappa shape index (κ3) is 2.40. The third-order valence-corrected chi connectivity index (χ3v) is 4.46. The molecule has 1 saturated heterocycles. The molecule has 1 aliphatic heterocycles. The highest BCUT2D eigenvalue weighted by Crippen LogP contribution is 2.24. The van der Waals surface area contributed by atoms with Gasteiger partial charge in [-0.25, -0.2) is 4.98 Å². The van der Waals surface area contributed by atoms with Crippen molar-refractivity contribution < 1.29 is 4.79 Å². The number of amides is 1. The van der Waals surface area contributed by atoms with Gasteiger partial charge in [0, 0.05) is 17.8 Å². The number of thiazole rings is 1. The molecule has 1 unspecified atom stereocenters. The largest absolute Gasteiger partial charge is 0.337 e. The van der Waals surface area contributed by atoms with Gasteiger partial charge in [-0.2, -0.15) is 12.6 Å². The smallest absolute Gasteiger partial charge is 0.223 e. The molecule has 3 nitrogen and oxygen atoms in total. The number of thiol groups is 1. The van der Waals surface area contributed by atoms with Crippen molar-refractivity contribution in [2.24, 2.45) is 5.92 Å². The first-order valence-electron chi connectivity index (χ1n) is 5.41. The standard InChI is InChI=1S/C11H16N2OS2/c1-7-10(16-8(2)12-7)5-13-4-9(6-15)3-11(13)14/h9,15H,3-6H2,1-2H3. The number of likely N-dealkylation sites (tertiary alicyclic amines) is 1. The van der Waals surface area contributed by atoms with E-state index >= 15 is 0 Å². The molecule has 1 fully saturated rings. The number of hydrogen-bond acceptors (Lipinski definition) is 4. The molecule has 1 aromatic rings. The Balaban J connectivity index is 2.05. The lowest BCUT2D eigenvalue weighted by atomic mass is 10.1. The van der Waals surface area contributed by atoms with Crippen LogP contribution in [-0.4, -0.2) is 28.1 Å². The van der Waals surface area contributed by atoms with Crippen LogP contribution in [0.2, 0.25) is 0 Å². The van der Waals surface area contributed by atoms with Crippen LogP contribution in [0.25, 0.3) is 0 Å². The quantitative estimate of drug-likeness (QED) is 0.840. The lowest BCUT2D eigenvalue weighted by molar-refractivity contribution is -0.128. The molecule has 1 aromatic heterocycles. The van der Waals surface area contributed by atoms with E-state index in [2.05, 4.69) is 17.6 Å². The summed E-state index contributed by atoms with van der Waals surface area (Å²) >= 11 is 5.95. The van der Waals surface area contributed by atoms with E-state index in [9.17, 15) is 4.79 Å². The average Bonchev–Trinajstić information content (AvgIpc) is 2.72. The summed E-state index contributed by atoms with van der Waals surface area (Å²) in [7, 11) is 0. The molecule has 16 heavy (non-hydrogen) atoms. The van der Waals surface area contributed by atoms with Crippen molar-refractivity contribution in [3.8, 4) is 0 Å². The summed E-state index contributed by atoms with van der Waals surface area (Å²) in [6, 6.07) is 0. The molecule has 2 rings (SSSR count). The van der Waals surface area contributed by atoms with Crippen molar-refractivity contribution in [1.82, 2.24) is 9.88 Å². The summed E-state index contributed by atoms with van der Waals surface area (Å²) in [5.74, 6) is 1.47. The van der Waals surface area contributed by atoms with Gasteiger partial charge < -0.3 is 4.90 Å². The van der Waals surface area contributed by atoms with Crippen LogP contribution >= 0.6 is 24.0 Å². The lowest BCUT2D eigenvalue weighted by Gasteiger charge is -2.15. The van der Waals surface area contributed by atoms with E-state index < -0.39 is 0 Å². The van der Waals surface area contributed by atoms with Crippen molar-refractivity contribution in [1.29, 1.82) is 0 Å². The van der Waals surface area contributed by atoms with E-state index in [4.69, 9.17) is 0 Å². The van der Waals surface area contributed by atoms with E-state index in [1.165, 1.54) is 4.88 Å². The Morgan fingerprint density at radius 1 is 1.56 bits per heavy atom. The first-order valence-corrected chi connectivity index (χ1v) is 6.86. The first kappa shape index (κ1) is 11.9. The Morgan fingerprint density at radius 2 is 2.31 bits per heavy atom. The van der Waals surface area contributed by atoms with Gasteiger partial charge in [-0.15, -0.1) is 11.3 Å². The van der Waals surface area contributed by atoms with Gasteiger partial charge in [-0.3, -0.25) is 4.79 Å². The van der Waals surface area contributed by atoms with Gasteiger partial charge in [0.25, 0.3) is 0 Å². The summed E-state index contributed by atoms with van der Waals surface area (Å²) in [5, 5.41) is 1.07. The summed E-state index contributed by atoms with van der Waals surface area (Å²) in [5.41, 5.74) is 1.06. The van der Waals surface area contributed by atoms with E-state index in [-0.39, 0.29) is 5.91 Å². The SMILES string of the molecule is Cc1nc(C)c(CN2CC(CS)CC2=O)s1. The number of nitrogens with zero attached hydrogens (tertiary/aromatic N) is 2. The van der Waals surface area contributed by atoms with Gasteiger partial charge in [0.1, 0.15) is 0 Å². The van der Waals surface area contributed by atoms with Crippen LogP contribution in [0.1, 0.15) is 22.0 Å². The van der Waals surface area contributed by atoms with E-state index in [1.54, 1.807) is 11.3 Å². The molecule has 1 atom stereocenters. The fraction of sp³-hybridized carbons (Fsp3) is 0.636. The monoisotopic (exact) mass is 256 g/mol. The minimum atomic E-state index is 0.254. The molecule has 0 spiro atoms. The van der Waals surface area contributed by atoms with Crippen LogP contribution in [0.15, 0.2) is 0 Å². The fourth-order valence-electron chi connectivity index (χ4n) is 2.02. The molecule has 0 saturated carbocycles. The first-order chi connectivity index (χ1) is 7.60.